The molecule has 0 bridgehead atoms. The van der Waals surface area contributed by atoms with Gasteiger partial charge in [0.15, 0.2) is 0 Å². The number of rotatable bonds is 2. The van der Waals surface area contributed by atoms with Crippen LogP contribution in [0.3, 0.4) is 0 Å². The van der Waals surface area contributed by atoms with Gasteiger partial charge in [-0.05, 0) is 30.2 Å². The van der Waals surface area contributed by atoms with Crippen LogP contribution >= 0.6 is 15.9 Å². The molecule has 12 heavy (non-hydrogen) atoms. The van der Waals surface area contributed by atoms with Crippen molar-refractivity contribution in [1.29, 1.82) is 0 Å². The predicted octanol–water partition coefficient (Wildman–Crippen LogP) is 4.13. The van der Waals surface area contributed by atoms with Gasteiger partial charge in [0, 0.05) is 4.47 Å². The normalized spacial score (nSPS) is 10.5. The van der Waals surface area contributed by atoms with Crippen LogP contribution in [0.4, 0.5) is 0 Å². The number of hydrogen-bond donors (Lipinski definition) is 0. The summed E-state index contributed by atoms with van der Waals surface area (Å²) in [6.07, 6.45) is 5.96. The molecule has 1 aromatic rings. The zero-order chi connectivity index (χ0) is 8.97. The lowest BCUT2D eigenvalue weighted by atomic mass is 10.1. The second-order valence-corrected chi connectivity index (χ2v) is 3.39. The van der Waals surface area contributed by atoms with E-state index in [2.05, 4.69) is 34.7 Å². The Morgan fingerprint density at radius 3 is 2.67 bits per heavy atom. The molecular weight excluding hydrogens is 212 g/mol. The molecular formula is C11H11Br. The molecule has 0 saturated heterocycles. The van der Waals surface area contributed by atoms with Crippen molar-refractivity contribution in [3.63, 3.8) is 0 Å². The predicted molar refractivity (Wildman–Crippen MR) is 58.9 cm³/mol. The number of hydrogen-bond acceptors (Lipinski definition) is 0. The third-order valence-corrected chi connectivity index (χ3v) is 2.11. The van der Waals surface area contributed by atoms with E-state index in [0.717, 1.165) is 10.0 Å². The maximum Gasteiger partial charge on any atom is 0.0181 e. The van der Waals surface area contributed by atoms with E-state index in [9.17, 15) is 0 Å². The summed E-state index contributed by atoms with van der Waals surface area (Å²) >= 11 is 3.43. The summed E-state index contributed by atoms with van der Waals surface area (Å²) in [4.78, 5) is 0. The molecule has 62 valence electrons. The molecule has 0 aromatic heterocycles. The van der Waals surface area contributed by atoms with Gasteiger partial charge >= 0.3 is 0 Å². The van der Waals surface area contributed by atoms with Crippen LogP contribution in [0.1, 0.15) is 18.1 Å². The molecule has 1 rings (SSSR count). The van der Waals surface area contributed by atoms with Gasteiger partial charge in [-0.3, -0.25) is 0 Å². The summed E-state index contributed by atoms with van der Waals surface area (Å²) in [5.41, 5.74) is 2.36. The van der Waals surface area contributed by atoms with Crippen molar-refractivity contribution in [3.8, 4) is 0 Å². The molecule has 0 aliphatic rings. The van der Waals surface area contributed by atoms with Crippen LogP contribution < -0.4 is 0 Å². The topological polar surface area (TPSA) is 0 Å². The summed E-state index contributed by atoms with van der Waals surface area (Å²) in [5, 5.41) is 0. The average molecular weight is 223 g/mol. The first kappa shape index (κ1) is 9.27. The molecule has 1 heteroatoms. The van der Waals surface area contributed by atoms with Gasteiger partial charge in [-0.2, -0.15) is 0 Å². The summed E-state index contributed by atoms with van der Waals surface area (Å²) in [6.45, 7) is 5.76. The van der Waals surface area contributed by atoms with Gasteiger partial charge in [-0.1, -0.05) is 46.8 Å². The Kier molecular flexibility index (Phi) is 3.30. The van der Waals surface area contributed by atoms with Crippen molar-refractivity contribution >= 4 is 28.1 Å². The van der Waals surface area contributed by atoms with Gasteiger partial charge in [0.2, 0.25) is 0 Å². The smallest absolute Gasteiger partial charge is 0.0181 e. The van der Waals surface area contributed by atoms with Crippen molar-refractivity contribution in [2.24, 2.45) is 0 Å². The first-order valence-electron chi connectivity index (χ1n) is 3.82. The molecule has 0 fully saturated rings. The molecule has 0 saturated carbocycles. The fourth-order valence-corrected chi connectivity index (χ4v) is 1.43. The van der Waals surface area contributed by atoms with Gasteiger partial charge in [0.25, 0.3) is 0 Å². The lowest BCUT2D eigenvalue weighted by Crippen LogP contribution is -1.79. The Morgan fingerprint density at radius 2 is 2.08 bits per heavy atom. The van der Waals surface area contributed by atoms with E-state index in [1.165, 1.54) is 5.56 Å². The Bertz CT molecular complexity index is 311. The molecule has 0 aliphatic heterocycles. The number of halogens is 1. The minimum absolute atomic E-state index is 1.10. The van der Waals surface area contributed by atoms with E-state index < -0.39 is 0 Å². The van der Waals surface area contributed by atoms with Gasteiger partial charge in [-0.25, -0.2) is 0 Å². The van der Waals surface area contributed by atoms with Crippen LogP contribution in [0.25, 0.3) is 12.2 Å². The molecule has 1 aromatic carbocycles. The molecule has 0 radical (unpaired) electrons. The van der Waals surface area contributed by atoms with E-state index >= 15 is 0 Å². The van der Waals surface area contributed by atoms with Gasteiger partial charge in [0.1, 0.15) is 0 Å². The van der Waals surface area contributed by atoms with Crippen LogP contribution in [-0.2, 0) is 0 Å². The molecule has 0 N–H and O–H groups in total. The van der Waals surface area contributed by atoms with Crippen LogP contribution in [0.5, 0.6) is 0 Å². The fraction of sp³-hybridized carbons (Fsp3) is 0.0909. The zero-order valence-corrected chi connectivity index (χ0v) is 8.64. The van der Waals surface area contributed by atoms with Gasteiger partial charge in [0.05, 0.1) is 0 Å². The van der Waals surface area contributed by atoms with E-state index in [4.69, 9.17) is 0 Å². The first-order valence-corrected chi connectivity index (χ1v) is 4.62. The maximum atomic E-state index is 3.75. The van der Waals surface area contributed by atoms with E-state index in [-0.39, 0.29) is 0 Å². The SMILES string of the molecule is C=Cc1ccc(Br)cc1C=CC. The van der Waals surface area contributed by atoms with Crippen LogP contribution in [0.15, 0.2) is 35.3 Å². The second kappa shape index (κ2) is 4.27. The third-order valence-electron chi connectivity index (χ3n) is 1.61. The lowest BCUT2D eigenvalue weighted by Gasteiger charge is -2.00. The molecule has 0 aliphatic carbocycles. The van der Waals surface area contributed by atoms with E-state index in [1.54, 1.807) is 0 Å². The van der Waals surface area contributed by atoms with E-state index in [1.807, 2.05) is 31.2 Å². The van der Waals surface area contributed by atoms with Crippen molar-refractivity contribution < 1.29 is 0 Å². The number of allylic oxidation sites excluding steroid dienone is 1. The summed E-state index contributed by atoms with van der Waals surface area (Å²) in [6, 6.07) is 6.15. The standard InChI is InChI=1S/C11H11Br/c1-3-5-10-8-11(12)7-6-9(10)4-2/h3-8H,2H2,1H3. The maximum absolute atomic E-state index is 3.75. The molecule has 0 spiro atoms. The Hall–Kier alpha value is -0.820. The number of benzene rings is 1. The molecule has 0 heterocycles. The van der Waals surface area contributed by atoms with E-state index in [0.29, 0.717) is 0 Å². The van der Waals surface area contributed by atoms with Crippen LogP contribution in [0, 0.1) is 0 Å². The Labute approximate surface area is 81.7 Å². The summed E-state index contributed by atoms with van der Waals surface area (Å²) in [5.74, 6) is 0. The quantitative estimate of drug-likeness (QED) is 0.707. The fourth-order valence-electron chi connectivity index (χ4n) is 1.06. The van der Waals surface area contributed by atoms with Gasteiger partial charge < -0.3 is 0 Å². The van der Waals surface area contributed by atoms with Crippen LogP contribution in [0.2, 0.25) is 0 Å². The van der Waals surface area contributed by atoms with Crippen molar-refractivity contribution in [3.05, 3.63) is 46.5 Å². The highest BCUT2D eigenvalue weighted by Crippen LogP contribution is 2.18. The molecule has 0 atom stereocenters. The highest BCUT2D eigenvalue weighted by molar-refractivity contribution is 9.10. The molecule has 0 nitrogen and oxygen atoms in total. The molecule has 0 unspecified atom stereocenters. The lowest BCUT2D eigenvalue weighted by molar-refractivity contribution is 1.57. The third kappa shape index (κ3) is 2.08. The van der Waals surface area contributed by atoms with Crippen molar-refractivity contribution in [2.75, 3.05) is 0 Å². The van der Waals surface area contributed by atoms with Crippen molar-refractivity contribution in [2.45, 2.75) is 6.92 Å². The van der Waals surface area contributed by atoms with Gasteiger partial charge in [-0.15, -0.1) is 0 Å². The highest BCUT2D eigenvalue weighted by atomic mass is 79.9. The largest absolute Gasteiger partial charge is 0.0984 e. The Balaban J connectivity index is 3.20. The second-order valence-electron chi connectivity index (χ2n) is 2.48. The first-order chi connectivity index (χ1) is 5.77. The summed E-state index contributed by atoms with van der Waals surface area (Å²) < 4.78 is 1.10. The zero-order valence-electron chi connectivity index (χ0n) is 7.05. The summed E-state index contributed by atoms with van der Waals surface area (Å²) in [7, 11) is 0. The minimum Gasteiger partial charge on any atom is -0.0984 e. The monoisotopic (exact) mass is 222 g/mol. The van der Waals surface area contributed by atoms with Crippen molar-refractivity contribution in [1.82, 2.24) is 0 Å². The average Bonchev–Trinajstić information content (AvgIpc) is 2.05. The minimum atomic E-state index is 1.10. The molecule has 0 amide bonds. The Morgan fingerprint density at radius 1 is 1.33 bits per heavy atom. The highest BCUT2D eigenvalue weighted by Gasteiger charge is 1.95. The van der Waals surface area contributed by atoms with Crippen LogP contribution in [-0.4, -0.2) is 0 Å².